The second-order valence-corrected chi connectivity index (χ2v) is 6.61. The van der Waals surface area contributed by atoms with Crippen LogP contribution in [0.3, 0.4) is 0 Å². The lowest BCUT2D eigenvalue weighted by Gasteiger charge is -2.22. The summed E-state index contributed by atoms with van der Waals surface area (Å²) in [5.74, 6) is 6.60. The van der Waals surface area contributed by atoms with Crippen molar-refractivity contribution in [3.05, 3.63) is 44.6 Å². The van der Waals surface area contributed by atoms with Gasteiger partial charge < -0.3 is 4.74 Å². The summed E-state index contributed by atoms with van der Waals surface area (Å²) in [4.78, 5) is 0. The molecule has 0 fully saturated rings. The lowest BCUT2D eigenvalue weighted by Crippen LogP contribution is -2.31. The number of hydrogen-bond donors (Lipinski definition) is 2. The van der Waals surface area contributed by atoms with E-state index in [2.05, 4.69) is 56.2 Å². The van der Waals surface area contributed by atoms with Gasteiger partial charge in [-0.1, -0.05) is 15.9 Å². The summed E-state index contributed by atoms with van der Waals surface area (Å²) >= 11 is 7.14. The Kier molecular flexibility index (Phi) is 5.43. The third kappa shape index (κ3) is 3.31. The van der Waals surface area contributed by atoms with Gasteiger partial charge >= 0.3 is 0 Å². The molecular weight excluding hydrogens is 400 g/mol. The van der Waals surface area contributed by atoms with Crippen molar-refractivity contribution < 1.29 is 4.74 Å². The van der Waals surface area contributed by atoms with Gasteiger partial charge in [0.2, 0.25) is 0 Å². The van der Waals surface area contributed by atoms with Crippen LogP contribution in [0.15, 0.2) is 33.3 Å². The SMILES string of the molecule is COc1ccc(Br)c(C(NN)c2c(Br)cnn2C(C)C)c1. The summed E-state index contributed by atoms with van der Waals surface area (Å²) < 4.78 is 9.12. The van der Waals surface area contributed by atoms with E-state index < -0.39 is 0 Å². The molecule has 1 unspecified atom stereocenters. The molecule has 1 heterocycles. The van der Waals surface area contributed by atoms with E-state index in [1.165, 1.54) is 0 Å². The van der Waals surface area contributed by atoms with Crippen LogP contribution in [0.5, 0.6) is 5.75 Å². The molecule has 1 aromatic heterocycles. The van der Waals surface area contributed by atoms with E-state index in [1.807, 2.05) is 22.9 Å². The van der Waals surface area contributed by atoms with Crippen LogP contribution < -0.4 is 16.0 Å². The molecule has 21 heavy (non-hydrogen) atoms. The Morgan fingerprint density at radius 3 is 2.57 bits per heavy atom. The van der Waals surface area contributed by atoms with E-state index in [0.29, 0.717) is 0 Å². The number of aromatic nitrogens is 2. The zero-order valence-corrected chi connectivity index (χ0v) is 15.3. The van der Waals surface area contributed by atoms with Crippen LogP contribution in [0.1, 0.15) is 37.2 Å². The fourth-order valence-corrected chi connectivity index (χ4v) is 3.20. The van der Waals surface area contributed by atoms with Gasteiger partial charge in [0.05, 0.1) is 29.5 Å². The van der Waals surface area contributed by atoms with Crippen molar-refractivity contribution in [3.8, 4) is 5.75 Å². The smallest absolute Gasteiger partial charge is 0.119 e. The molecule has 0 saturated heterocycles. The molecule has 0 aliphatic carbocycles. The minimum Gasteiger partial charge on any atom is -0.497 e. The predicted molar refractivity (Wildman–Crippen MR) is 90.2 cm³/mol. The average molecular weight is 418 g/mol. The van der Waals surface area contributed by atoms with Gasteiger partial charge in [-0.15, -0.1) is 0 Å². The van der Waals surface area contributed by atoms with E-state index in [-0.39, 0.29) is 12.1 Å². The Morgan fingerprint density at radius 2 is 2.00 bits per heavy atom. The number of halogens is 2. The number of hydrogen-bond acceptors (Lipinski definition) is 4. The van der Waals surface area contributed by atoms with Crippen molar-refractivity contribution >= 4 is 31.9 Å². The first-order valence-electron chi connectivity index (χ1n) is 6.52. The molecule has 1 aromatic carbocycles. The van der Waals surface area contributed by atoms with Crippen LogP contribution in [0.25, 0.3) is 0 Å². The molecule has 5 nitrogen and oxygen atoms in total. The van der Waals surface area contributed by atoms with Crippen LogP contribution >= 0.6 is 31.9 Å². The highest BCUT2D eigenvalue weighted by Gasteiger charge is 2.24. The van der Waals surface area contributed by atoms with Gasteiger partial charge in [0.15, 0.2) is 0 Å². The second-order valence-electron chi connectivity index (χ2n) is 4.90. The first kappa shape index (κ1) is 16.5. The molecule has 0 aliphatic rings. The number of benzene rings is 1. The van der Waals surface area contributed by atoms with Crippen molar-refractivity contribution in [1.82, 2.24) is 15.2 Å². The highest BCUT2D eigenvalue weighted by molar-refractivity contribution is 9.10. The maximum atomic E-state index is 5.82. The van der Waals surface area contributed by atoms with Crippen molar-refractivity contribution in [2.45, 2.75) is 25.9 Å². The van der Waals surface area contributed by atoms with Gasteiger partial charge in [-0.25, -0.2) is 5.43 Å². The zero-order chi connectivity index (χ0) is 15.6. The van der Waals surface area contributed by atoms with Gasteiger partial charge in [-0.05, 0) is 53.5 Å². The molecule has 1 atom stereocenters. The number of hydrazine groups is 1. The van der Waals surface area contributed by atoms with Gasteiger partial charge in [0, 0.05) is 10.5 Å². The van der Waals surface area contributed by atoms with Crippen molar-refractivity contribution in [2.24, 2.45) is 5.84 Å². The van der Waals surface area contributed by atoms with E-state index >= 15 is 0 Å². The minimum absolute atomic E-state index is 0.214. The monoisotopic (exact) mass is 416 g/mol. The largest absolute Gasteiger partial charge is 0.497 e. The fraction of sp³-hybridized carbons (Fsp3) is 0.357. The molecule has 2 rings (SSSR count). The Balaban J connectivity index is 2.57. The van der Waals surface area contributed by atoms with Crippen LogP contribution in [0.2, 0.25) is 0 Å². The molecule has 0 spiro atoms. The quantitative estimate of drug-likeness (QED) is 0.576. The molecule has 2 aromatic rings. The predicted octanol–water partition coefficient (Wildman–Crippen LogP) is 3.55. The Morgan fingerprint density at radius 1 is 1.29 bits per heavy atom. The van der Waals surface area contributed by atoms with E-state index in [9.17, 15) is 0 Å². The normalized spacial score (nSPS) is 12.7. The highest BCUT2D eigenvalue weighted by atomic mass is 79.9. The maximum absolute atomic E-state index is 5.82. The van der Waals surface area contributed by atoms with Crippen molar-refractivity contribution in [2.75, 3.05) is 7.11 Å². The molecule has 0 radical (unpaired) electrons. The fourth-order valence-electron chi connectivity index (χ4n) is 2.22. The summed E-state index contributed by atoms with van der Waals surface area (Å²) in [6.45, 7) is 4.16. The van der Waals surface area contributed by atoms with Crippen LogP contribution in [-0.2, 0) is 0 Å². The molecule has 0 bridgehead atoms. The van der Waals surface area contributed by atoms with Gasteiger partial charge in [0.1, 0.15) is 5.75 Å². The molecule has 114 valence electrons. The second kappa shape index (κ2) is 6.91. The number of ether oxygens (including phenoxy) is 1. The lowest BCUT2D eigenvalue weighted by atomic mass is 10.0. The van der Waals surface area contributed by atoms with E-state index in [4.69, 9.17) is 10.6 Å². The first-order chi connectivity index (χ1) is 9.99. The maximum Gasteiger partial charge on any atom is 0.119 e. The third-order valence-corrected chi connectivity index (χ3v) is 4.56. The van der Waals surface area contributed by atoms with E-state index in [1.54, 1.807) is 13.3 Å². The standard InChI is InChI=1S/C14H18Br2N4O/c1-8(2)20-14(12(16)7-18-20)13(19-17)10-6-9(21-3)4-5-11(10)15/h4-8,13,19H,17H2,1-3H3. The summed E-state index contributed by atoms with van der Waals surface area (Å²) in [6.07, 6.45) is 1.79. The number of methoxy groups -OCH3 is 1. The topological polar surface area (TPSA) is 65.1 Å². The number of nitrogens with zero attached hydrogens (tertiary/aromatic N) is 2. The van der Waals surface area contributed by atoms with Gasteiger partial charge in [-0.3, -0.25) is 10.5 Å². The number of rotatable bonds is 5. The molecule has 7 heteroatoms. The van der Waals surface area contributed by atoms with Crippen LogP contribution in [-0.4, -0.2) is 16.9 Å². The number of nitrogens with one attached hydrogen (secondary N) is 1. The van der Waals surface area contributed by atoms with Gasteiger partial charge in [0.25, 0.3) is 0 Å². The first-order valence-corrected chi connectivity index (χ1v) is 8.10. The minimum atomic E-state index is -0.214. The van der Waals surface area contributed by atoms with E-state index in [0.717, 1.165) is 26.0 Å². The summed E-state index contributed by atoms with van der Waals surface area (Å²) in [7, 11) is 1.65. The van der Waals surface area contributed by atoms with Crippen LogP contribution in [0.4, 0.5) is 0 Å². The zero-order valence-electron chi connectivity index (χ0n) is 12.1. The molecule has 0 aliphatic heterocycles. The molecule has 0 saturated carbocycles. The Labute approximate surface area is 141 Å². The lowest BCUT2D eigenvalue weighted by molar-refractivity contribution is 0.412. The molecule has 0 amide bonds. The summed E-state index contributed by atoms with van der Waals surface area (Å²) in [5, 5.41) is 4.41. The Hall–Kier alpha value is -0.890. The van der Waals surface area contributed by atoms with Crippen LogP contribution in [0, 0.1) is 0 Å². The van der Waals surface area contributed by atoms with Gasteiger partial charge in [-0.2, -0.15) is 5.10 Å². The third-order valence-electron chi connectivity index (χ3n) is 3.23. The average Bonchev–Trinajstić information content (AvgIpc) is 2.84. The molecule has 3 N–H and O–H groups in total. The van der Waals surface area contributed by atoms with Crippen molar-refractivity contribution in [1.29, 1.82) is 0 Å². The summed E-state index contributed by atoms with van der Waals surface area (Å²) in [5.41, 5.74) is 4.83. The molecular formula is C14H18Br2N4O. The Bertz CT molecular complexity index is 627. The summed E-state index contributed by atoms with van der Waals surface area (Å²) in [6, 6.07) is 5.82. The number of nitrogens with two attached hydrogens (primary N) is 1. The highest BCUT2D eigenvalue weighted by Crippen LogP contribution is 2.35. The van der Waals surface area contributed by atoms with Crippen molar-refractivity contribution in [3.63, 3.8) is 0 Å².